The van der Waals surface area contributed by atoms with Gasteiger partial charge < -0.3 is 15.3 Å². The van der Waals surface area contributed by atoms with Crippen LogP contribution in [0.15, 0.2) is 24.3 Å². The van der Waals surface area contributed by atoms with Crippen molar-refractivity contribution in [3.63, 3.8) is 0 Å². The molecule has 0 aromatic heterocycles. The van der Waals surface area contributed by atoms with Crippen molar-refractivity contribution in [1.82, 2.24) is 0 Å². The summed E-state index contributed by atoms with van der Waals surface area (Å²) in [6.45, 7) is -0.444. The van der Waals surface area contributed by atoms with Gasteiger partial charge in [0.1, 0.15) is 11.7 Å². The van der Waals surface area contributed by atoms with Gasteiger partial charge in [-0.3, -0.25) is 4.79 Å². The Morgan fingerprint density at radius 1 is 1.31 bits per heavy atom. The smallest absolute Gasteiger partial charge is 0.313 e. The van der Waals surface area contributed by atoms with Crippen LogP contribution in [0, 0.1) is 0 Å². The van der Waals surface area contributed by atoms with Crippen LogP contribution in [0.2, 0.25) is 0 Å². The van der Waals surface area contributed by atoms with Crippen LogP contribution in [0.4, 0.5) is 0 Å². The quantitative estimate of drug-likeness (QED) is 0.638. The molecular weight excluding hydrogens is 172 g/mol. The normalized spacial score (nSPS) is 12.4. The maximum absolute atomic E-state index is 10.6. The predicted molar refractivity (Wildman–Crippen MR) is 45.6 cm³/mol. The van der Waals surface area contributed by atoms with Crippen molar-refractivity contribution in [2.24, 2.45) is 0 Å². The monoisotopic (exact) mass is 182 g/mol. The summed E-state index contributed by atoms with van der Waals surface area (Å²) in [4.78, 5) is 10.6. The molecule has 0 radical (unpaired) electrons. The molecule has 0 spiro atoms. The summed E-state index contributed by atoms with van der Waals surface area (Å²) in [7, 11) is 0. The zero-order valence-corrected chi connectivity index (χ0v) is 6.84. The Morgan fingerprint density at radius 2 is 1.85 bits per heavy atom. The van der Waals surface area contributed by atoms with Crippen molar-refractivity contribution >= 4 is 5.97 Å². The number of carboxylic acid groups (broad SMARTS) is 1. The van der Waals surface area contributed by atoms with Gasteiger partial charge in [-0.15, -0.1) is 0 Å². The number of hydrogen-bond donors (Lipinski definition) is 3. The largest absolute Gasteiger partial charge is 0.508 e. The van der Waals surface area contributed by atoms with Gasteiger partial charge >= 0.3 is 5.97 Å². The van der Waals surface area contributed by atoms with E-state index in [1.54, 1.807) is 0 Å². The topological polar surface area (TPSA) is 77.8 Å². The number of hydrogen-bond acceptors (Lipinski definition) is 3. The van der Waals surface area contributed by atoms with Crippen LogP contribution in [-0.2, 0) is 4.79 Å². The fourth-order valence-corrected chi connectivity index (χ4v) is 1.03. The van der Waals surface area contributed by atoms with E-state index < -0.39 is 18.5 Å². The molecule has 1 aromatic rings. The standard InChI is InChI=1S/C9H10O4/c10-5-8(9(12)13)6-1-3-7(11)4-2-6/h1-4,8,10-11H,5H2,(H,12,13). The highest BCUT2D eigenvalue weighted by molar-refractivity contribution is 5.76. The van der Waals surface area contributed by atoms with Gasteiger partial charge in [0.05, 0.1) is 6.61 Å². The van der Waals surface area contributed by atoms with Crippen molar-refractivity contribution in [3.05, 3.63) is 29.8 Å². The molecule has 0 aliphatic rings. The molecule has 0 bridgehead atoms. The molecule has 0 saturated heterocycles. The van der Waals surface area contributed by atoms with Crippen LogP contribution in [0.3, 0.4) is 0 Å². The van der Waals surface area contributed by atoms with Gasteiger partial charge in [0.25, 0.3) is 0 Å². The Hall–Kier alpha value is -1.55. The van der Waals surface area contributed by atoms with Crippen molar-refractivity contribution in [1.29, 1.82) is 0 Å². The average Bonchev–Trinajstić information content (AvgIpc) is 2.09. The summed E-state index contributed by atoms with van der Waals surface area (Å²) in [6, 6.07) is 5.73. The van der Waals surface area contributed by atoms with Gasteiger partial charge in [0.15, 0.2) is 0 Å². The number of phenolic OH excluding ortho intramolecular Hbond substituents is 1. The Morgan fingerprint density at radius 3 is 2.23 bits per heavy atom. The van der Waals surface area contributed by atoms with Crippen LogP contribution in [0.25, 0.3) is 0 Å². The molecule has 3 N–H and O–H groups in total. The fourth-order valence-electron chi connectivity index (χ4n) is 1.03. The lowest BCUT2D eigenvalue weighted by Gasteiger charge is -2.08. The molecule has 1 aromatic carbocycles. The van der Waals surface area contributed by atoms with Gasteiger partial charge in [-0.25, -0.2) is 0 Å². The Bertz CT molecular complexity index is 291. The minimum atomic E-state index is -1.08. The molecule has 1 rings (SSSR count). The van der Waals surface area contributed by atoms with Gasteiger partial charge in [-0.2, -0.15) is 0 Å². The number of rotatable bonds is 3. The Balaban J connectivity index is 2.92. The number of benzene rings is 1. The molecule has 1 unspecified atom stereocenters. The van der Waals surface area contributed by atoms with Crippen LogP contribution >= 0.6 is 0 Å². The minimum Gasteiger partial charge on any atom is -0.508 e. The molecular formula is C9H10O4. The molecule has 0 aliphatic carbocycles. The third-order valence-electron chi connectivity index (χ3n) is 1.78. The first-order chi connectivity index (χ1) is 6.15. The summed E-state index contributed by atoms with van der Waals surface area (Å²) < 4.78 is 0. The fraction of sp³-hybridized carbons (Fsp3) is 0.222. The number of carboxylic acids is 1. The zero-order valence-electron chi connectivity index (χ0n) is 6.84. The number of aliphatic carboxylic acids is 1. The van der Waals surface area contributed by atoms with Crippen molar-refractivity contribution < 1.29 is 20.1 Å². The highest BCUT2D eigenvalue weighted by Crippen LogP contribution is 2.18. The first-order valence-corrected chi connectivity index (χ1v) is 3.77. The van der Waals surface area contributed by atoms with E-state index in [0.29, 0.717) is 5.56 Å². The maximum Gasteiger partial charge on any atom is 0.313 e. The summed E-state index contributed by atoms with van der Waals surface area (Å²) in [5.74, 6) is -1.92. The molecule has 1 atom stereocenters. The van der Waals surface area contributed by atoms with E-state index in [1.807, 2.05) is 0 Å². The minimum absolute atomic E-state index is 0.0748. The van der Waals surface area contributed by atoms with Gasteiger partial charge in [-0.1, -0.05) is 12.1 Å². The van der Waals surface area contributed by atoms with E-state index in [9.17, 15) is 4.79 Å². The lowest BCUT2D eigenvalue weighted by atomic mass is 10.0. The molecule has 0 heterocycles. The van der Waals surface area contributed by atoms with Gasteiger partial charge in [0, 0.05) is 0 Å². The predicted octanol–water partition coefficient (Wildman–Crippen LogP) is 0.553. The highest BCUT2D eigenvalue weighted by Gasteiger charge is 2.17. The SMILES string of the molecule is O=C(O)C(CO)c1ccc(O)cc1. The number of aliphatic hydroxyl groups is 1. The Labute approximate surface area is 75.1 Å². The first kappa shape index (κ1) is 9.54. The maximum atomic E-state index is 10.6. The lowest BCUT2D eigenvalue weighted by Crippen LogP contribution is -2.15. The summed E-state index contributed by atoms with van der Waals surface area (Å²) in [5.41, 5.74) is 0.479. The summed E-state index contributed by atoms with van der Waals surface area (Å²) >= 11 is 0. The van der Waals surface area contributed by atoms with Crippen LogP contribution in [0.1, 0.15) is 11.5 Å². The average molecular weight is 182 g/mol. The van der Waals surface area contributed by atoms with E-state index in [1.165, 1.54) is 24.3 Å². The number of phenols is 1. The van der Waals surface area contributed by atoms with E-state index in [2.05, 4.69) is 0 Å². The highest BCUT2D eigenvalue weighted by atomic mass is 16.4. The second-order valence-electron chi connectivity index (χ2n) is 2.66. The summed E-state index contributed by atoms with van der Waals surface area (Å²) in [5, 5.41) is 26.4. The molecule has 0 aliphatic heterocycles. The van der Waals surface area contributed by atoms with E-state index in [-0.39, 0.29) is 5.75 Å². The van der Waals surface area contributed by atoms with E-state index in [0.717, 1.165) is 0 Å². The molecule has 0 amide bonds. The molecule has 70 valence electrons. The van der Waals surface area contributed by atoms with Crippen molar-refractivity contribution in [3.8, 4) is 5.75 Å². The third kappa shape index (κ3) is 2.19. The zero-order chi connectivity index (χ0) is 9.84. The van der Waals surface area contributed by atoms with Gasteiger partial charge in [-0.05, 0) is 17.7 Å². The molecule has 4 heteroatoms. The van der Waals surface area contributed by atoms with E-state index >= 15 is 0 Å². The van der Waals surface area contributed by atoms with Gasteiger partial charge in [0.2, 0.25) is 0 Å². The van der Waals surface area contributed by atoms with Crippen molar-refractivity contribution in [2.75, 3.05) is 6.61 Å². The number of carbonyl (C=O) groups is 1. The third-order valence-corrected chi connectivity index (χ3v) is 1.78. The van der Waals surface area contributed by atoms with E-state index in [4.69, 9.17) is 15.3 Å². The van der Waals surface area contributed by atoms with Crippen LogP contribution < -0.4 is 0 Å². The lowest BCUT2D eigenvalue weighted by molar-refractivity contribution is -0.139. The second-order valence-corrected chi connectivity index (χ2v) is 2.66. The molecule has 4 nitrogen and oxygen atoms in total. The molecule has 13 heavy (non-hydrogen) atoms. The second kappa shape index (κ2) is 3.91. The van der Waals surface area contributed by atoms with Crippen LogP contribution in [-0.4, -0.2) is 27.9 Å². The summed E-state index contributed by atoms with van der Waals surface area (Å²) in [6.07, 6.45) is 0. The number of aromatic hydroxyl groups is 1. The van der Waals surface area contributed by atoms with Crippen molar-refractivity contribution in [2.45, 2.75) is 5.92 Å². The van der Waals surface area contributed by atoms with Crippen LogP contribution in [0.5, 0.6) is 5.75 Å². The molecule has 0 saturated carbocycles. The molecule has 0 fully saturated rings. The number of aliphatic hydroxyl groups excluding tert-OH is 1. The first-order valence-electron chi connectivity index (χ1n) is 3.77. The Kier molecular flexibility index (Phi) is 2.87.